The Hall–Kier alpha value is -2.03. The van der Waals surface area contributed by atoms with Crippen LogP contribution in [0.25, 0.3) is 17.0 Å². The zero-order valence-electron chi connectivity index (χ0n) is 9.97. The molecule has 0 saturated carbocycles. The molecule has 17 heavy (non-hydrogen) atoms. The Kier molecular flexibility index (Phi) is 3.00. The first-order valence-corrected chi connectivity index (χ1v) is 5.60. The van der Waals surface area contributed by atoms with E-state index in [9.17, 15) is 4.79 Å². The van der Waals surface area contributed by atoms with Crippen LogP contribution in [0, 0.1) is 0 Å². The molecular formula is C14H15NO2. The summed E-state index contributed by atoms with van der Waals surface area (Å²) in [7, 11) is 1.98. The van der Waals surface area contributed by atoms with Crippen molar-refractivity contribution in [2.75, 3.05) is 0 Å². The lowest BCUT2D eigenvalue weighted by Gasteiger charge is -2.01. The lowest BCUT2D eigenvalue weighted by Crippen LogP contribution is -1.98. The van der Waals surface area contributed by atoms with Crippen LogP contribution in [0.2, 0.25) is 0 Å². The van der Waals surface area contributed by atoms with Crippen LogP contribution in [0.3, 0.4) is 0 Å². The van der Waals surface area contributed by atoms with Crippen molar-refractivity contribution in [2.24, 2.45) is 7.05 Å². The van der Waals surface area contributed by atoms with Gasteiger partial charge in [0.2, 0.25) is 0 Å². The standard InChI is InChI=1S/C14H15NO2/c1-3-11(14(16)17)8-10-4-5-12-6-7-15(2)13(12)9-10/h4-9H,3H2,1-2H3,(H,16,17). The predicted molar refractivity (Wildman–Crippen MR) is 68.8 cm³/mol. The topological polar surface area (TPSA) is 42.2 Å². The maximum absolute atomic E-state index is 10.9. The Morgan fingerprint density at radius 2 is 2.18 bits per heavy atom. The van der Waals surface area contributed by atoms with Crippen molar-refractivity contribution in [1.82, 2.24) is 4.57 Å². The minimum absolute atomic E-state index is 0.429. The third-order valence-corrected chi connectivity index (χ3v) is 2.91. The molecular weight excluding hydrogens is 214 g/mol. The molecule has 0 bridgehead atoms. The predicted octanol–water partition coefficient (Wildman–Crippen LogP) is 3.06. The molecule has 88 valence electrons. The van der Waals surface area contributed by atoms with Crippen LogP contribution in [0.15, 0.2) is 36.0 Å². The molecule has 3 heteroatoms. The number of carboxylic acid groups (broad SMARTS) is 1. The van der Waals surface area contributed by atoms with Gasteiger partial charge in [-0.3, -0.25) is 0 Å². The average Bonchev–Trinajstić information content (AvgIpc) is 2.67. The Labute approximate surface area is 100.0 Å². The van der Waals surface area contributed by atoms with Crippen molar-refractivity contribution < 1.29 is 9.90 Å². The number of nitrogens with zero attached hydrogens (tertiary/aromatic N) is 1. The molecule has 0 amide bonds. The highest BCUT2D eigenvalue weighted by molar-refractivity contribution is 5.93. The van der Waals surface area contributed by atoms with Crippen molar-refractivity contribution in [3.8, 4) is 0 Å². The van der Waals surface area contributed by atoms with Crippen molar-refractivity contribution in [1.29, 1.82) is 0 Å². The summed E-state index contributed by atoms with van der Waals surface area (Å²) < 4.78 is 2.03. The number of fused-ring (bicyclic) bond motifs is 1. The van der Waals surface area contributed by atoms with Crippen LogP contribution in [-0.2, 0) is 11.8 Å². The van der Waals surface area contributed by atoms with Gasteiger partial charge < -0.3 is 9.67 Å². The second-order valence-corrected chi connectivity index (χ2v) is 4.07. The number of aromatic nitrogens is 1. The van der Waals surface area contributed by atoms with E-state index < -0.39 is 5.97 Å². The van der Waals surface area contributed by atoms with E-state index in [0.29, 0.717) is 12.0 Å². The Balaban J connectivity index is 2.49. The van der Waals surface area contributed by atoms with Gasteiger partial charge in [0.1, 0.15) is 0 Å². The van der Waals surface area contributed by atoms with Crippen molar-refractivity contribution in [2.45, 2.75) is 13.3 Å². The highest BCUT2D eigenvalue weighted by Gasteiger charge is 2.05. The molecule has 3 nitrogen and oxygen atoms in total. The summed E-state index contributed by atoms with van der Waals surface area (Å²) in [6, 6.07) is 8.01. The van der Waals surface area contributed by atoms with E-state index in [1.165, 1.54) is 0 Å². The monoisotopic (exact) mass is 229 g/mol. The van der Waals surface area contributed by atoms with Gasteiger partial charge in [-0.2, -0.15) is 0 Å². The highest BCUT2D eigenvalue weighted by atomic mass is 16.4. The summed E-state index contributed by atoms with van der Waals surface area (Å²) in [6.07, 6.45) is 4.26. The molecule has 0 aliphatic carbocycles. The van der Waals surface area contributed by atoms with Gasteiger partial charge in [-0.25, -0.2) is 4.79 Å². The summed E-state index contributed by atoms with van der Waals surface area (Å²) in [6.45, 7) is 1.85. The smallest absolute Gasteiger partial charge is 0.331 e. The normalized spacial score (nSPS) is 12.0. The van der Waals surface area contributed by atoms with Crippen LogP contribution in [0.1, 0.15) is 18.9 Å². The van der Waals surface area contributed by atoms with Crippen LogP contribution in [0.5, 0.6) is 0 Å². The molecule has 2 rings (SSSR count). The van der Waals surface area contributed by atoms with Gasteiger partial charge in [-0.05, 0) is 35.6 Å². The fraction of sp³-hybridized carbons (Fsp3) is 0.214. The van der Waals surface area contributed by atoms with Gasteiger partial charge >= 0.3 is 5.97 Å². The summed E-state index contributed by atoms with van der Waals surface area (Å²) in [5, 5.41) is 10.2. The van der Waals surface area contributed by atoms with Crippen LogP contribution in [0.4, 0.5) is 0 Å². The highest BCUT2D eigenvalue weighted by Crippen LogP contribution is 2.19. The number of benzene rings is 1. The van der Waals surface area contributed by atoms with E-state index >= 15 is 0 Å². The number of aryl methyl sites for hydroxylation is 1. The van der Waals surface area contributed by atoms with E-state index in [1.54, 1.807) is 6.08 Å². The SMILES string of the molecule is CCC(=Cc1ccc2ccn(C)c2c1)C(=O)O. The molecule has 1 heterocycles. The van der Waals surface area contributed by atoms with Gasteiger partial charge in [-0.15, -0.1) is 0 Å². The summed E-state index contributed by atoms with van der Waals surface area (Å²) in [5.41, 5.74) is 2.47. The number of aliphatic carboxylic acids is 1. The Morgan fingerprint density at radius 3 is 2.82 bits per heavy atom. The van der Waals surface area contributed by atoms with Crippen molar-refractivity contribution in [3.05, 3.63) is 41.6 Å². The van der Waals surface area contributed by atoms with E-state index in [4.69, 9.17) is 5.11 Å². The number of carbonyl (C=O) groups is 1. The Bertz CT molecular complexity index is 593. The quantitative estimate of drug-likeness (QED) is 0.822. The third-order valence-electron chi connectivity index (χ3n) is 2.91. The molecule has 0 fully saturated rings. The molecule has 0 unspecified atom stereocenters. The molecule has 0 radical (unpaired) electrons. The number of hydrogen-bond acceptors (Lipinski definition) is 1. The van der Waals surface area contributed by atoms with E-state index in [-0.39, 0.29) is 0 Å². The molecule has 0 aliphatic heterocycles. The fourth-order valence-electron chi connectivity index (χ4n) is 1.89. The summed E-state index contributed by atoms with van der Waals surface area (Å²) >= 11 is 0. The number of carboxylic acids is 1. The van der Waals surface area contributed by atoms with Crippen LogP contribution in [-0.4, -0.2) is 15.6 Å². The van der Waals surface area contributed by atoms with Gasteiger partial charge in [-0.1, -0.05) is 19.1 Å². The van der Waals surface area contributed by atoms with Crippen LogP contribution < -0.4 is 0 Å². The molecule has 1 aromatic carbocycles. The van der Waals surface area contributed by atoms with Gasteiger partial charge in [0.15, 0.2) is 0 Å². The second-order valence-electron chi connectivity index (χ2n) is 4.07. The first kappa shape index (κ1) is 11.5. The number of rotatable bonds is 3. The lowest BCUT2D eigenvalue weighted by atomic mass is 10.1. The Morgan fingerprint density at radius 1 is 1.41 bits per heavy atom. The zero-order valence-corrected chi connectivity index (χ0v) is 9.97. The number of hydrogen-bond donors (Lipinski definition) is 1. The molecule has 0 spiro atoms. The minimum Gasteiger partial charge on any atom is -0.478 e. The minimum atomic E-state index is -0.848. The molecule has 0 aliphatic rings. The second kappa shape index (κ2) is 4.45. The zero-order chi connectivity index (χ0) is 12.4. The van der Waals surface area contributed by atoms with Gasteiger partial charge in [0.25, 0.3) is 0 Å². The van der Waals surface area contributed by atoms with Crippen molar-refractivity contribution >= 4 is 22.9 Å². The lowest BCUT2D eigenvalue weighted by molar-refractivity contribution is -0.132. The van der Waals surface area contributed by atoms with E-state index in [2.05, 4.69) is 0 Å². The van der Waals surface area contributed by atoms with Gasteiger partial charge in [0.05, 0.1) is 0 Å². The fourth-order valence-corrected chi connectivity index (χ4v) is 1.89. The maximum Gasteiger partial charge on any atom is 0.331 e. The first-order valence-electron chi connectivity index (χ1n) is 5.60. The molecule has 2 aromatic rings. The largest absolute Gasteiger partial charge is 0.478 e. The average molecular weight is 229 g/mol. The first-order chi connectivity index (χ1) is 8.11. The molecule has 0 saturated heterocycles. The molecule has 0 atom stereocenters. The van der Waals surface area contributed by atoms with E-state index in [0.717, 1.165) is 16.5 Å². The molecule has 1 aromatic heterocycles. The van der Waals surface area contributed by atoms with Gasteiger partial charge in [0, 0.05) is 24.3 Å². The third kappa shape index (κ3) is 2.23. The maximum atomic E-state index is 10.9. The van der Waals surface area contributed by atoms with Crippen LogP contribution >= 0.6 is 0 Å². The summed E-state index contributed by atoms with van der Waals surface area (Å²) in [4.78, 5) is 10.9. The van der Waals surface area contributed by atoms with Crippen molar-refractivity contribution in [3.63, 3.8) is 0 Å². The summed E-state index contributed by atoms with van der Waals surface area (Å²) in [5.74, 6) is -0.848. The van der Waals surface area contributed by atoms with E-state index in [1.807, 2.05) is 49.0 Å². The molecule has 1 N–H and O–H groups in total.